The van der Waals surface area contributed by atoms with Gasteiger partial charge in [0.25, 0.3) is 0 Å². The van der Waals surface area contributed by atoms with Crippen molar-refractivity contribution in [1.29, 1.82) is 0 Å². The molecular formula is C19H21N5O2. The van der Waals surface area contributed by atoms with Crippen LogP contribution in [0.4, 0.5) is 23.3 Å². The third kappa shape index (κ3) is 4.54. The van der Waals surface area contributed by atoms with Crippen LogP contribution in [0.3, 0.4) is 0 Å². The van der Waals surface area contributed by atoms with Gasteiger partial charge in [0, 0.05) is 18.3 Å². The van der Waals surface area contributed by atoms with Crippen LogP contribution in [-0.4, -0.2) is 24.2 Å². The van der Waals surface area contributed by atoms with Gasteiger partial charge in [-0.1, -0.05) is 12.1 Å². The van der Waals surface area contributed by atoms with E-state index >= 15 is 0 Å². The van der Waals surface area contributed by atoms with Gasteiger partial charge in [-0.3, -0.25) is 0 Å². The number of ether oxygens (including phenoxy) is 2. The largest absolute Gasteiger partial charge is 0.497 e. The average Bonchev–Trinajstić information content (AvgIpc) is 2.67. The molecule has 26 heavy (non-hydrogen) atoms. The molecule has 7 nitrogen and oxygen atoms in total. The van der Waals surface area contributed by atoms with Crippen molar-refractivity contribution in [2.75, 3.05) is 30.6 Å². The highest BCUT2D eigenvalue weighted by Crippen LogP contribution is 2.21. The summed E-state index contributed by atoms with van der Waals surface area (Å²) in [4.78, 5) is 8.44. The van der Waals surface area contributed by atoms with Crippen molar-refractivity contribution in [3.63, 3.8) is 0 Å². The van der Waals surface area contributed by atoms with Gasteiger partial charge >= 0.3 is 0 Å². The number of hydrogen-bond acceptors (Lipinski definition) is 7. The number of nitrogens with zero attached hydrogens (tertiary/aromatic N) is 2. The normalized spacial score (nSPS) is 10.2. The van der Waals surface area contributed by atoms with Crippen molar-refractivity contribution in [2.45, 2.75) is 6.54 Å². The zero-order valence-corrected chi connectivity index (χ0v) is 14.7. The predicted octanol–water partition coefficient (Wildman–Crippen LogP) is 3.43. The first kappa shape index (κ1) is 17.3. The first-order valence-corrected chi connectivity index (χ1v) is 8.09. The lowest BCUT2D eigenvalue weighted by Gasteiger charge is -2.11. The first-order chi connectivity index (χ1) is 12.7. The molecule has 134 valence electrons. The van der Waals surface area contributed by atoms with Gasteiger partial charge in [-0.05, 0) is 42.0 Å². The smallest absolute Gasteiger partial charge is 0.223 e. The molecular weight excluding hydrogens is 330 g/mol. The van der Waals surface area contributed by atoms with Crippen LogP contribution in [0.5, 0.6) is 11.5 Å². The molecule has 0 saturated heterocycles. The topological polar surface area (TPSA) is 94.3 Å². The summed E-state index contributed by atoms with van der Waals surface area (Å²) < 4.78 is 10.3. The molecule has 0 bridgehead atoms. The number of aromatic nitrogens is 2. The van der Waals surface area contributed by atoms with Crippen LogP contribution in [-0.2, 0) is 6.54 Å². The quantitative estimate of drug-likeness (QED) is 0.600. The van der Waals surface area contributed by atoms with Crippen LogP contribution in [0.25, 0.3) is 0 Å². The maximum atomic E-state index is 5.83. The summed E-state index contributed by atoms with van der Waals surface area (Å²) in [5.41, 5.74) is 7.81. The summed E-state index contributed by atoms with van der Waals surface area (Å²) in [6.07, 6.45) is 0. The van der Waals surface area contributed by atoms with Gasteiger partial charge in [0.1, 0.15) is 23.1 Å². The van der Waals surface area contributed by atoms with Gasteiger partial charge in [-0.25, -0.2) is 0 Å². The second-order valence-corrected chi connectivity index (χ2v) is 5.55. The van der Waals surface area contributed by atoms with Crippen molar-refractivity contribution in [1.82, 2.24) is 9.97 Å². The molecule has 0 spiro atoms. The number of benzene rings is 2. The third-order valence-electron chi connectivity index (χ3n) is 3.74. The number of nitrogens with one attached hydrogen (secondary N) is 2. The maximum Gasteiger partial charge on any atom is 0.223 e. The standard InChI is InChI=1S/C19H21N5O2/c1-25-15-7-3-13(4-8-15)12-21-17-11-18(24-19(20)23-17)22-14-5-9-16(26-2)10-6-14/h3-11H,12H2,1-2H3,(H4,20,21,22,23,24). The van der Waals surface area contributed by atoms with Crippen LogP contribution in [0.2, 0.25) is 0 Å². The van der Waals surface area contributed by atoms with E-state index in [1.165, 1.54) is 0 Å². The van der Waals surface area contributed by atoms with Gasteiger partial charge < -0.3 is 25.8 Å². The van der Waals surface area contributed by atoms with Gasteiger partial charge in [0.2, 0.25) is 5.95 Å². The average molecular weight is 351 g/mol. The number of nitrogen functional groups attached to an aromatic ring is 1. The SMILES string of the molecule is COc1ccc(CNc2cc(Nc3ccc(OC)cc3)nc(N)n2)cc1. The molecule has 4 N–H and O–H groups in total. The van der Waals surface area contributed by atoms with Gasteiger partial charge in [0.05, 0.1) is 14.2 Å². The Hall–Kier alpha value is -3.48. The van der Waals surface area contributed by atoms with E-state index in [1.54, 1.807) is 14.2 Å². The molecule has 0 aliphatic heterocycles. The zero-order chi connectivity index (χ0) is 18.4. The molecule has 0 aliphatic rings. The molecule has 0 amide bonds. The monoisotopic (exact) mass is 351 g/mol. The minimum atomic E-state index is 0.195. The second kappa shape index (κ2) is 8.06. The van der Waals surface area contributed by atoms with E-state index < -0.39 is 0 Å². The van der Waals surface area contributed by atoms with Gasteiger partial charge in [0.15, 0.2) is 0 Å². The minimum absolute atomic E-state index is 0.195. The Morgan fingerprint density at radius 2 is 1.42 bits per heavy atom. The van der Waals surface area contributed by atoms with E-state index in [9.17, 15) is 0 Å². The summed E-state index contributed by atoms with van der Waals surface area (Å²) in [7, 11) is 3.28. The molecule has 0 fully saturated rings. The molecule has 3 aromatic rings. The van der Waals surface area contributed by atoms with Gasteiger partial charge in [-0.15, -0.1) is 0 Å². The fourth-order valence-electron chi connectivity index (χ4n) is 2.38. The van der Waals surface area contributed by atoms with Crippen molar-refractivity contribution < 1.29 is 9.47 Å². The Bertz CT molecular complexity index is 851. The van der Waals surface area contributed by atoms with E-state index in [1.807, 2.05) is 54.6 Å². The lowest BCUT2D eigenvalue weighted by molar-refractivity contribution is 0.414. The molecule has 3 rings (SSSR count). The summed E-state index contributed by atoms with van der Waals surface area (Å²) in [5, 5.41) is 6.46. The third-order valence-corrected chi connectivity index (χ3v) is 3.74. The first-order valence-electron chi connectivity index (χ1n) is 8.09. The highest BCUT2D eigenvalue weighted by atomic mass is 16.5. The molecule has 1 heterocycles. The van der Waals surface area contributed by atoms with Crippen LogP contribution in [0, 0.1) is 0 Å². The molecule has 0 saturated carbocycles. The zero-order valence-electron chi connectivity index (χ0n) is 14.7. The van der Waals surface area contributed by atoms with Gasteiger partial charge in [-0.2, -0.15) is 9.97 Å². The molecule has 7 heteroatoms. The number of methoxy groups -OCH3 is 2. The van der Waals surface area contributed by atoms with Crippen molar-refractivity contribution in [2.24, 2.45) is 0 Å². The predicted molar refractivity (Wildman–Crippen MR) is 103 cm³/mol. The molecule has 0 aliphatic carbocycles. The van der Waals surface area contributed by atoms with Crippen molar-refractivity contribution in [3.05, 3.63) is 60.2 Å². The van der Waals surface area contributed by atoms with Crippen LogP contribution >= 0.6 is 0 Å². The Labute approximate surface area is 152 Å². The molecule has 0 radical (unpaired) electrons. The molecule has 1 aromatic heterocycles. The van der Waals surface area contributed by atoms with Crippen LogP contribution in [0.15, 0.2) is 54.6 Å². The van der Waals surface area contributed by atoms with Crippen LogP contribution < -0.4 is 25.8 Å². The summed E-state index contributed by atoms with van der Waals surface area (Å²) in [6, 6.07) is 17.2. The Morgan fingerprint density at radius 1 is 0.846 bits per heavy atom. The van der Waals surface area contributed by atoms with E-state index in [0.717, 1.165) is 22.7 Å². The Balaban J connectivity index is 1.67. The molecule has 0 atom stereocenters. The fraction of sp³-hybridized carbons (Fsp3) is 0.158. The fourth-order valence-corrected chi connectivity index (χ4v) is 2.38. The highest BCUT2D eigenvalue weighted by Gasteiger charge is 2.04. The Morgan fingerprint density at radius 3 is 2.04 bits per heavy atom. The number of rotatable bonds is 7. The Kier molecular flexibility index (Phi) is 5.38. The second-order valence-electron chi connectivity index (χ2n) is 5.55. The van der Waals surface area contributed by atoms with Crippen molar-refractivity contribution in [3.8, 4) is 11.5 Å². The number of nitrogens with two attached hydrogens (primary N) is 1. The maximum absolute atomic E-state index is 5.83. The highest BCUT2D eigenvalue weighted by molar-refractivity contribution is 5.61. The van der Waals surface area contributed by atoms with E-state index in [-0.39, 0.29) is 5.95 Å². The van der Waals surface area contributed by atoms with Crippen LogP contribution in [0.1, 0.15) is 5.56 Å². The van der Waals surface area contributed by atoms with E-state index in [2.05, 4.69) is 20.6 Å². The van der Waals surface area contributed by atoms with E-state index in [0.29, 0.717) is 18.2 Å². The minimum Gasteiger partial charge on any atom is -0.497 e. The summed E-state index contributed by atoms with van der Waals surface area (Å²) in [6.45, 7) is 0.614. The summed E-state index contributed by atoms with van der Waals surface area (Å²) >= 11 is 0. The lowest BCUT2D eigenvalue weighted by Crippen LogP contribution is -2.06. The number of anilines is 4. The molecule has 0 unspecified atom stereocenters. The number of hydrogen-bond donors (Lipinski definition) is 3. The molecule has 2 aromatic carbocycles. The van der Waals surface area contributed by atoms with E-state index in [4.69, 9.17) is 15.2 Å². The van der Waals surface area contributed by atoms with Crippen molar-refractivity contribution >= 4 is 23.3 Å². The summed E-state index contributed by atoms with van der Waals surface area (Å²) in [5.74, 6) is 3.07. The lowest BCUT2D eigenvalue weighted by atomic mass is 10.2.